The summed E-state index contributed by atoms with van der Waals surface area (Å²) in [5.41, 5.74) is 1.57. The van der Waals surface area contributed by atoms with Crippen molar-refractivity contribution >= 4 is 11.8 Å². The van der Waals surface area contributed by atoms with E-state index in [1.165, 1.54) is 12.5 Å². The lowest BCUT2D eigenvalue weighted by molar-refractivity contribution is -0.126. The van der Waals surface area contributed by atoms with Crippen molar-refractivity contribution < 1.29 is 23.5 Å². The zero-order valence-electron chi connectivity index (χ0n) is 19.9. The average molecular weight is 470 g/mol. The summed E-state index contributed by atoms with van der Waals surface area (Å²) in [4.78, 5) is 29.2. The third-order valence-corrected chi connectivity index (χ3v) is 6.81. The first-order valence-electron chi connectivity index (χ1n) is 12.2. The minimum atomic E-state index is -0.0754. The van der Waals surface area contributed by atoms with E-state index in [9.17, 15) is 9.59 Å². The molecule has 1 N–H and O–H groups in total. The molecule has 8 heteroatoms. The number of piperidine rings is 1. The van der Waals surface area contributed by atoms with E-state index in [-0.39, 0.29) is 17.7 Å². The molecule has 2 amide bonds. The summed E-state index contributed by atoms with van der Waals surface area (Å²) in [7, 11) is 2.14. The molecule has 8 nitrogen and oxygen atoms in total. The fourth-order valence-electron chi connectivity index (χ4n) is 4.61. The van der Waals surface area contributed by atoms with Crippen LogP contribution >= 0.6 is 0 Å². The van der Waals surface area contributed by atoms with Gasteiger partial charge >= 0.3 is 0 Å². The van der Waals surface area contributed by atoms with Gasteiger partial charge in [-0.05, 0) is 56.5 Å². The van der Waals surface area contributed by atoms with Crippen molar-refractivity contribution in [3.8, 4) is 5.75 Å². The third kappa shape index (κ3) is 6.61. The highest BCUT2D eigenvalue weighted by atomic mass is 16.5. The number of likely N-dealkylation sites (tertiary alicyclic amines) is 1. The molecule has 3 heterocycles. The van der Waals surface area contributed by atoms with Gasteiger partial charge in [0.25, 0.3) is 5.91 Å². The highest BCUT2D eigenvalue weighted by Gasteiger charge is 2.28. The van der Waals surface area contributed by atoms with Crippen LogP contribution in [0, 0.1) is 5.92 Å². The Morgan fingerprint density at radius 1 is 1.15 bits per heavy atom. The SMILES string of the molecule is CN(CCOc1cccc(CNC(=O)C2CCN(C(=O)c3ccoc3)CC2)c1)C1CCOCC1. The zero-order valence-corrected chi connectivity index (χ0v) is 19.9. The monoisotopic (exact) mass is 469 g/mol. The largest absolute Gasteiger partial charge is 0.492 e. The Kier molecular flexibility index (Phi) is 8.60. The molecule has 1 aromatic heterocycles. The second-order valence-electron chi connectivity index (χ2n) is 9.12. The van der Waals surface area contributed by atoms with Crippen LogP contribution in [0.3, 0.4) is 0 Å². The zero-order chi connectivity index (χ0) is 23.8. The van der Waals surface area contributed by atoms with Crippen LogP contribution in [0.15, 0.2) is 47.3 Å². The van der Waals surface area contributed by atoms with Crippen LogP contribution in [0.25, 0.3) is 0 Å². The second kappa shape index (κ2) is 12.0. The number of nitrogens with zero attached hydrogens (tertiary/aromatic N) is 2. The number of ether oxygens (including phenoxy) is 2. The molecule has 4 rings (SSSR count). The Hall–Kier alpha value is -2.84. The average Bonchev–Trinajstić information content (AvgIpc) is 3.43. The number of benzene rings is 1. The lowest BCUT2D eigenvalue weighted by Gasteiger charge is -2.31. The molecule has 34 heavy (non-hydrogen) atoms. The summed E-state index contributed by atoms with van der Waals surface area (Å²) in [6, 6.07) is 10.1. The minimum Gasteiger partial charge on any atom is -0.492 e. The van der Waals surface area contributed by atoms with Crippen molar-refractivity contribution in [3.05, 3.63) is 54.0 Å². The van der Waals surface area contributed by atoms with Crippen molar-refractivity contribution in [2.75, 3.05) is 46.5 Å². The summed E-state index contributed by atoms with van der Waals surface area (Å²) in [6.07, 6.45) is 6.44. The summed E-state index contributed by atoms with van der Waals surface area (Å²) in [5.74, 6) is 0.745. The topological polar surface area (TPSA) is 84.3 Å². The summed E-state index contributed by atoms with van der Waals surface area (Å²) in [6.45, 7) is 4.79. The van der Waals surface area contributed by atoms with E-state index in [0.29, 0.717) is 50.7 Å². The number of hydrogen-bond acceptors (Lipinski definition) is 6. The second-order valence-corrected chi connectivity index (χ2v) is 9.12. The van der Waals surface area contributed by atoms with Gasteiger partial charge in [-0.25, -0.2) is 0 Å². The number of carbonyl (C=O) groups is 2. The van der Waals surface area contributed by atoms with Gasteiger partial charge in [-0.2, -0.15) is 0 Å². The van der Waals surface area contributed by atoms with Crippen LogP contribution in [0.2, 0.25) is 0 Å². The van der Waals surface area contributed by atoms with Gasteiger partial charge in [-0.3, -0.25) is 14.5 Å². The molecule has 0 radical (unpaired) electrons. The predicted octanol–water partition coefficient (Wildman–Crippen LogP) is 2.94. The van der Waals surface area contributed by atoms with Gasteiger partial charge in [-0.15, -0.1) is 0 Å². The van der Waals surface area contributed by atoms with E-state index in [4.69, 9.17) is 13.9 Å². The first-order chi connectivity index (χ1) is 16.6. The minimum absolute atomic E-state index is 0.0385. The third-order valence-electron chi connectivity index (χ3n) is 6.81. The van der Waals surface area contributed by atoms with Crippen LogP contribution in [-0.2, 0) is 16.1 Å². The van der Waals surface area contributed by atoms with Crippen molar-refractivity contribution in [2.45, 2.75) is 38.3 Å². The van der Waals surface area contributed by atoms with Gasteiger partial charge in [0.1, 0.15) is 18.6 Å². The first-order valence-corrected chi connectivity index (χ1v) is 12.2. The molecule has 2 fully saturated rings. The van der Waals surface area contributed by atoms with Crippen LogP contribution in [-0.4, -0.2) is 74.2 Å². The molecule has 0 aliphatic carbocycles. The molecular weight excluding hydrogens is 434 g/mol. The van der Waals surface area contributed by atoms with Crippen molar-refractivity contribution in [1.29, 1.82) is 0 Å². The maximum absolute atomic E-state index is 12.7. The van der Waals surface area contributed by atoms with E-state index in [0.717, 1.165) is 43.9 Å². The number of amides is 2. The Balaban J connectivity index is 1.17. The molecule has 2 aliphatic heterocycles. The number of likely N-dealkylation sites (N-methyl/N-ethyl adjacent to an activating group) is 1. The molecule has 1 aromatic carbocycles. The number of rotatable bonds is 9. The standard InChI is InChI=1S/C26H35N3O5/c1-28(23-8-14-32-15-9-23)12-16-34-24-4-2-3-20(17-24)18-27-25(30)21-5-10-29(11-6-21)26(31)22-7-13-33-19-22/h2-4,7,13,17,19,21,23H,5-6,8-12,14-16,18H2,1H3,(H,27,30). The highest BCUT2D eigenvalue weighted by Crippen LogP contribution is 2.20. The normalized spacial score (nSPS) is 17.6. The Bertz CT molecular complexity index is 918. The molecule has 0 atom stereocenters. The van der Waals surface area contributed by atoms with Gasteiger partial charge in [0.15, 0.2) is 0 Å². The van der Waals surface area contributed by atoms with Crippen molar-refractivity contribution in [2.24, 2.45) is 5.92 Å². The summed E-state index contributed by atoms with van der Waals surface area (Å²) >= 11 is 0. The quantitative estimate of drug-likeness (QED) is 0.608. The van der Waals surface area contributed by atoms with Gasteiger partial charge in [0, 0.05) is 51.4 Å². The predicted molar refractivity (Wildman–Crippen MR) is 128 cm³/mol. The maximum atomic E-state index is 12.7. The van der Waals surface area contributed by atoms with Gasteiger partial charge < -0.3 is 24.1 Å². The molecule has 0 unspecified atom stereocenters. The smallest absolute Gasteiger partial charge is 0.257 e. The van der Waals surface area contributed by atoms with Gasteiger partial charge in [0.2, 0.25) is 5.91 Å². The Morgan fingerprint density at radius 2 is 1.94 bits per heavy atom. The fourth-order valence-corrected chi connectivity index (χ4v) is 4.61. The Morgan fingerprint density at radius 3 is 2.68 bits per heavy atom. The number of carbonyl (C=O) groups excluding carboxylic acids is 2. The van der Waals surface area contributed by atoms with E-state index in [2.05, 4.69) is 17.3 Å². The van der Waals surface area contributed by atoms with Crippen molar-refractivity contribution in [3.63, 3.8) is 0 Å². The van der Waals surface area contributed by atoms with E-state index in [1.54, 1.807) is 11.0 Å². The maximum Gasteiger partial charge on any atom is 0.257 e. The number of furan rings is 1. The van der Waals surface area contributed by atoms with Crippen molar-refractivity contribution in [1.82, 2.24) is 15.1 Å². The molecule has 2 aromatic rings. The van der Waals surface area contributed by atoms with Crippen LogP contribution in [0.4, 0.5) is 0 Å². The van der Waals surface area contributed by atoms with E-state index in [1.807, 2.05) is 24.3 Å². The lowest BCUT2D eigenvalue weighted by atomic mass is 9.95. The molecule has 0 bridgehead atoms. The van der Waals surface area contributed by atoms with E-state index >= 15 is 0 Å². The van der Waals surface area contributed by atoms with Crippen LogP contribution in [0.5, 0.6) is 5.75 Å². The Labute approximate surface area is 201 Å². The molecule has 2 saturated heterocycles. The molecule has 2 aliphatic rings. The van der Waals surface area contributed by atoms with Gasteiger partial charge in [0.05, 0.1) is 11.8 Å². The lowest BCUT2D eigenvalue weighted by Crippen LogP contribution is -2.42. The van der Waals surface area contributed by atoms with E-state index < -0.39 is 0 Å². The summed E-state index contributed by atoms with van der Waals surface area (Å²) < 4.78 is 16.4. The van der Waals surface area contributed by atoms with Crippen LogP contribution < -0.4 is 10.1 Å². The molecule has 0 spiro atoms. The molecular formula is C26H35N3O5. The number of nitrogens with one attached hydrogen (secondary N) is 1. The van der Waals surface area contributed by atoms with Crippen LogP contribution in [0.1, 0.15) is 41.6 Å². The molecule has 184 valence electrons. The fraction of sp³-hybridized carbons (Fsp3) is 0.538. The molecule has 0 saturated carbocycles. The highest BCUT2D eigenvalue weighted by molar-refractivity contribution is 5.94. The first kappa shape index (κ1) is 24.3. The van der Waals surface area contributed by atoms with Gasteiger partial charge in [-0.1, -0.05) is 12.1 Å². The number of hydrogen-bond donors (Lipinski definition) is 1. The summed E-state index contributed by atoms with van der Waals surface area (Å²) in [5, 5.41) is 3.05.